The molecule has 0 bridgehead atoms. The molecule has 1 aliphatic carbocycles. The zero-order chi connectivity index (χ0) is 19.2. The Balaban J connectivity index is 1.76. The van der Waals surface area contributed by atoms with E-state index in [1.54, 1.807) is 0 Å². The molecule has 0 aromatic heterocycles. The number of allylic oxidation sites excluding steroid dienone is 2. The van der Waals surface area contributed by atoms with Gasteiger partial charge in [-0.2, -0.15) is 0 Å². The summed E-state index contributed by atoms with van der Waals surface area (Å²) < 4.78 is 1.08. The molecule has 2 aliphatic rings. The first-order valence-corrected chi connectivity index (χ1v) is 10.3. The first-order chi connectivity index (χ1) is 12.8. The molecule has 0 radical (unpaired) electrons. The average molecular weight is 425 g/mol. The number of halogens is 1. The van der Waals surface area contributed by atoms with Gasteiger partial charge in [-0.3, -0.25) is 4.79 Å². The molecular formula is C23H25BrN2O. The molecular weight excluding hydrogens is 400 g/mol. The van der Waals surface area contributed by atoms with Gasteiger partial charge in [0.1, 0.15) is 0 Å². The van der Waals surface area contributed by atoms with Gasteiger partial charge in [0.25, 0.3) is 5.91 Å². The maximum atomic E-state index is 12.9. The highest BCUT2D eigenvalue weighted by atomic mass is 79.9. The fourth-order valence-electron chi connectivity index (χ4n) is 4.22. The zero-order valence-corrected chi connectivity index (χ0v) is 17.5. The summed E-state index contributed by atoms with van der Waals surface area (Å²) in [5.41, 5.74) is 3.91. The summed E-state index contributed by atoms with van der Waals surface area (Å²) in [7, 11) is 0. The van der Waals surface area contributed by atoms with Gasteiger partial charge in [0.15, 0.2) is 0 Å². The standard InChI is InChI=1S/C23H25BrN2O/c1-23(2,3)26-22(27)19-9-5-8-18-16-6-4-7-17(16)20(25-21(18)19)14-10-12-15(24)13-11-14/h4-6,8-13,16-17,20,25H,7H2,1-3H3,(H,26,27). The summed E-state index contributed by atoms with van der Waals surface area (Å²) in [6.45, 7) is 6.02. The van der Waals surface area contributed by atoms with Crippen LogP contribution in [0.3, 0.4) is 0 Å². The van der Waals surface area contributed by atoms with E-state index in [2.05, 4.69) is 69.0 Å². The fourth-order valence-corrected chi connectivity index (χ4v) is 4.48. The van der Waals surface area contributed by atoms with Crippen LogP contribution >= 0.6 is 15.9 Å². The number of amides is 1. The van der Waals surface area contributed by atoms with Gasteiger partial charge in [0, 0.05) is 15.9 Å². The average Bonchev–Trinajstić information content (AvgIpc) is 3.10. The van der Waals surface area contributed by atoms with Crippen LogP contribution in [0, 0.1) is 5.92 Å². The summed E-state index contributed by atoms with van der Waals surface area (Å²) >= 11 is 3.52. The lowest BCUT2D eigenvalue weighted by Crippen LogP contribution is -2.41. The third-order valence-electron chi connectivity index (χ3n) is 5.36. The van der Waals surface area contributed by atoms with Gasteiger partial charge in [-0.15, -0.1) is 0 Å². The van der Waals surface area contributed by atoms with E-state index in [1.807, 2.05) is 32.9 Å². The van der Waals surface area contributed by atoms with Crippen molar-refractivity contribution in [1.82, 2.24) is 5.32 Å². The van der Waals surface area contributed by atoms with E-state index in [1.165, 1.54) is 11.1 Å². The van der Waals surface area contributed by atoms with Crippen LogP contribution in [0.25, 0.3) is 0 Å². The molecule has 0 spiro atoms. The molecule has 2 aromatic carbocycles. The van der Waals surface area contributed by atoms with Crippen LogP contribution < -0.4 is 10.6 Å². The molecule has 0 fully saturated rings. The molecule has 4 rings (SSSR count). The minimum absolute atomic E-state index is 0.0261. The summed E-state index contributed by atoms with van der Waals surface area (Å²) in [6.07, 6.45) is 5.64. The number of hydrogen-bond acceptors (Lipinski definition) is 2. The maximum Gasteiger partial charge on any atom is 0.253 e. The maximum absolute atomic E-state index is 12.9. The minimum Gasteiger partial charge on any atom is -0.377 e. The van der Waals surface area contributed by atoms with Gasteiger partial charge < -0.3 is 10.6 Å². The number of hydrogen-bond donors (Lipinski definition) is 2. The zero-order valence-electron chi connectivity index (χ0n) is 15.9. The second kappa shape index (κ2) is 6.83. The van der Waals surface area contributed by atoms with Crippen LogP contribution in [-0.2, 0) is 0 Å². The molecule has 0 saturated carbocycles. The van der Waals surface area contributed by atoms with Crippen LogP contribution in [0.15, 0.2) is 59.1 Å². The third-order valence-corrected chi connectivity index (χ3v) is 5.89. The molecule has 4 heteroatoms. The van der Waals surface area contributed by atoms with Gasteiger partial charge in [0.05, 0.1) is 17.3 Å². The van der Waals surface area contributed by atoms with Crippen molar-refractivity contribution in [3.63, 3.8) is 0 Å². The number of carbonyl (C=O) groups excluding carboxylic acids is 1. The molecule has 1 heterocycles. The summed E-state index contributed by atoms with van der Waals surface area (Å²) in [5, 5.41) is 6.83. The largest absolute Gasteiger partial charge is 0.377 e. The lowest BCUT2D eigenvalue weighted by atomic mass is 9.76. The SMILES string of the molecule is CC(C)(C)NC(=O)c1cccc2c1NC(c1ccc(Br)cc1)C1CC=CC21. The molecule has 1 aliphatic heterocycles. The molecule has 1 amide bonds. The molecule has 2 N–H and O–H groups in total. The predicted octanol–water partition coefficient (Wildman–Crippen LogP) is 5.80. The second-order valence-corrected chi connectivity index (χ2v) is 9.42. The number of fused-ring (bicyclic) bond motifs is 3. The Bertz CT molecular complexity index is 896. The Morgan fingerprint density at radius 3 is 2.59 bits per heavy atom. The summed E-state index contributed by atoms with van der Waals surface area (Å²) in [4.78, 5) is 12.9. The normalized spacial score (nSPS) is 23.3. The highest BCUT2D eigenvalue weighted by Gasteiger charge is 2.39. The third kappa shape index (κ3) is 3.55. The van der Waals surface area contributed by atoms with Crippen molar-refractivity contribution in [2.24, 2.45) is 5.92 Å². The molecule has 0 saturated heterocycles. The Kier molecular flexibility index (Phi) is 4.63. The first kappa shape index (κ1) is 18.3. The number of para-hydroxylation sites is 1. The number of benzene rings is 2. The highest BCUT2D eigenvalue weighted by molar-refractivity contribution is 9.10. The number of anilines is 1. The topological polar surface area (TPSA) is 41.1 Å². The Labute approximate surface area is 169 Å². The van der Waals surface area contributed by atoms with E-state index < -0.39 is 0 Å². The Hall–Kier alpha value is -2.07. The lowest BCUT2D eigenvalue weighted by molar-refractivity contribution is 0.0920. The van der Waals surface area contributed by atoms with Crippen molar-refractivity contribution in [2.75, 3.05) is 5.32 Å². The number of rotatable bonds is 2. The van der Waals surface area contributed by atoms with Crippen molar-refractivity contribution in [2.45, 2.75) is 44.7 Å². The fraction of sp³-hybridized carbons (Fsp3) is 0.348. The van der Waals surface area contributed by atoms with Crippen molar-refractivity contribution in [3.8, 4) is 0 Å². The monoisotopic (exact) mass is 424 g/mol. The van der Waals surface area contributed by atoms with Gasteiger partial charge >= 0.3 is 0 Å². The Morgan fingerprint density at radius 2 is 1.89 bits per heavy atom. The van der Waals surface area contributed by atoms with Gasteiger partial charge in [-0.25, -0.2) is 0 Å². The minimum atomic E-state index is -0.268. The van der Waals surface area contributed by atoms with E-state index >= 15 is 0 Å². The van der Waals surface area contributed by atoms with Gasteiger partial charge in [0.2, 0.25) is 0 Å². The number of nitrogens with one attached hydrogen (secondary N) is 2. The van der Waals surface area contributed by atoms with E-state index in [0.29, 0.717) is 11.8 Å². The second-order valence-electron chi connectivity index (χ2n) is 8.50. The van der Waals surface area contributed by atoms with E-state index in [-0.39, 0.29) is 17.5 Å². The van der Waals surface area contributed by atoms with Gasteiger partial charge in [-0.05, 0) is 62.4 Å². The first-order valence-electron chi connectivity index (χ1n) is 9.47. The molecule has 3 nitrogen and oxygen atoms in total. The van der Waals surface area contributed by atoms with Crippen LogP contribution in [0.5, 0.6) is 0 Å². The van der Waals surface area contributed by atoms with Crippen LogP contribution in [0.2, 0.25) is 0 Å². The van der Waals surface area contributed by atoms with Crippen LogP contribution in [0.1, 0.15) is 60.6 Å². The lowest BCUT2D eigenvalue weighted by Gasteiger charge is -2.38. The summed E-state index contributed by atoms with van der Waals surface area (Å²) in [5.74, 6) is 0.790. The van der Waals surface area contributed by atoms with Crippen LogP contribution in [-0.4, -0.2) is 11.4 Å². The van der Waals surface area contributed by atoms with E-state index in [4.69, 9.17) is 0 Å². The van der Waals surface area contributed by atoms with Crippen molar-refractivity contribution in [1.29, 1.82) is 0 Å². The van der Waals surface area contributed by atoms with E-state index in [9.17, 15) is 4.79 Å². The molecule has 2 aromatic rings. The molecule has 27 heavy (non-hydrogen) atoms. The molecule has 3 atom stereocenters. The summed E-state index contributed by atoms with van der Waals surface area (Å²) in [6, 6.07) is 14.8. The predicted molar refractivity (Wildman–Crippen MR) is 114 cm³/mol. The number of carbonyl (C=O) groups is 1. The van der Waals surface area contributed by atoms with Gasteiger partial charge in [-0.1, -0.05) is 52.3 Å². The molecule has 140 valence electrons. The Morgan fingerprint density at radius 1 is 1.15 bits per heavy atom. The highest BCUT2D eigenvalue weighted by Crippen LogP contribution is 2.50. The van der Waals surface area contributed by atoms with Crippen molar-refractivity contribution in [3.05, 3.63) is 75.8 Å². The quantitative estimate of drug-likeness (QED) is 0.597. The van der Waals surface area contributed by atoms with E-state index in [0.717, 1.165) is 22.1 Å². The van der Waals surface area contributed by atoms with Crippen molar-refractivity contribution < 1.29 is 4.79 Å². The van der Waals surface area contributed by atoms with Crippen LogP contribution in [0.4, 0.5) is 5.69 Å². The molecule has 3 unspecified atom stereocenters. The van der Waals surface area contributed by atoms with Crippen molar-refractivity contribution >= 4 is 27.5 Å². The smallest absolute Gasteiger partial charge is 0.253 e.